The minimum absolute atomic E-state index is 0.101. The molecule has 0 saturated heterocycles. The SMILES string of the molecule is CC.O=C1C2=CCCCC=C2C/C1=N\O. The van der Waals surface area contributed by atoms with Crippen molar-refractivity contribution in [2.24, 2.45) is 5.16 Å². The summed E-state index contributed by atoms with van der Waals surface area (Å²) in [5, 5.41) is 11.6. The van der Waals surface area contributed by atoms with Crippen molar-refractivity contribution >= 4 is 11.5 Å². The third-order valence-corrected chi connectivity index (χ3v) is 2.48. The molecule has 0 unspecified atom stereocenters. The summed E-state index contributed by atoms with van der Waals surface area (Å²) in [7, 11) is 0. The molecule has 0 amide bonds. The van der Waals surface area contributed by atoms with Gasteiger partial charge in [0, 0.05) is 12.0 Å². The second kappa shape index (κ2) is 5.49. The van der Waals surface area contributed by atoms with Gasteiger partial charge in [0.1, 0.15) is 5.71 Å². The number of fused-ring (bicyclic) bond motifs is 1. The molecule has 0 aliphatic heterocycles. The first-order valence-electron chi connectivity index (χ1n) is 5.48. The maximum absolute atomic E-state index is 11.5. The summed E-state index contributed by atoms with van der Waals surface area (Å²) < 4.78 is 0. The van der Waals surface area contributed by atoms with E-state index >= 15 is 0 Å². The highest BCUT2D eigenvalue weighted by molar-refractivity contribution is 6.50. The van der Waals surface area contributed by atoms with Crippen LogP contribution < -0.4 is 0 Å². The van der Waals surface area contributed by atoms with Gasteiger partial charge in [0.25, 0.3) is 0 Å². The summed E-state index contributed by atoms with van der Waals surface area (Å²) in [6, 6.07) is 0. The highest BCUT2D eigenvalue weighted by Gasteiger charge is 2.29. The topological polar surface area (TPSA) is 49.7 Å². The molecular formula is C12H17NO2. The van der Waals surface area contributed by atoms with E-state index in [1.165, 1.54) is 0 Å². The predicted octanol–water partition coefficient (Wildman–Crippen LogP) is 2.85. The minimum atomic E-state index is -0.101. The Labute approximate surface area is 90.2 Å². The van der Waals surface area contributed by atoms with E-state index in [4.69, 9.17) is 5.21 Å². The lowest BCUT2D eigenvalue weighted by Crippen LogP contribution is -2.05. The van der Waals surface area contributed by atoms with E-state index < -0.39 is 0 Å². The zero-order valence-corrected chi connectivity index (χ0v) is 9.29. The molecule has 0 spiro atoms. The van der Waals surface area contributed by atoms with Gasteiger partial charge in [-0.1, -0.05) is 31.2 Å². The lowest BCUT2D eigenvalue weighted by Gasteiger charge is -1.92. The predicted molar refractivity (Wildman–Crippen MR) is 60.2 cm³/mol. The molecule has 15 heavy (non-hydrogen) atoms. The molecule has 3 heteroatoms. The van der Waals surface area contributed by atoms with Crippen molar-refractivity contribution in [3.8, 4) is 0 Å². The number of hydrogen-bond acceptors (Lipinski definition) is 3. The summed E-state index contributed by atoms with van der Waals surface area (Å²) in [4.78, 5) is 11.5. The van der Waals surface area contributed by atoms with Crippen molar-refractivity contribution in [1.29, 1.82) is 0 Å². The number of carbonyl (C=O) groups is 1. The minimum Gasteiger partial charge on any atom is -0.411 e. The first-order valence-corrected chi connectivity index (χ1v) is 5.48. The van der Waals surface area contributed by atoms with Gasteiger partial charge in [0.15, 0.2) is 0 Å². The van der Waals surface area contributed by atoms with Crippen LogP contribution in [0.1, 0.15) is 39.5 Å². The zero-order valence-electron chi connectivity index (χ0n) is 9.29. The average molecular weight is 207 g/mol. The van der Waals surface area contributed by atoms with Gasteiger partial charge in [-0.25, -0.2) is 0 Å². The molecule has 2 rings (SSSR count). The van der Waals surface area contributed by atoms with Crippen molar-refractivity contribution in [3.63, 3.8) is 0 Å². The van der Waals surface area contributed by atoms with Crippen molar-refractivity contribution in [2.75, 3.05) is 0 Å². The van der Waals surface area contributed by atoms with Crippen molar-refractivity contribution < 1.29 is 10.0 Å². The molecule has 0 aromatic rings. The molecular weight excluding hydrogens is 190 g/mol. The Morgan fingerprint density at radius 1 is 1.27 bits per heavy atom. The van der Waals surface area contributed by atoms with E-state index in [2.05, 4.69) is 11.2 Å². The van der Waals surface area contributed by atoms with Crippen LogP contribution in [0.2, 0.25) is 0 Å². The van der Waals surface area contributed by atoms with Gasteiger partial charge < -0.3 is 5.21 Å². The van der Waals surface area contributed by atoms with Crippen LogP contribution in [0.3, 0.4) is 0 Å². The fourth-order valence-corrected chi connectivity index (χ4v) is 1.78. The number of nitrogens with zero attached hydrogens (tertiary/aromatic N) is 1. The third-order valence-electron chi connectivity index (χ3n) is 2.48. The van der Waals surface area contributed by atoms with E-state index in [-0.39, 0.29) is 11.5 Å². The largest absolute Gasteiger partial charge is 0.411 e. The number of carbonyl (C=O) groups excluding carboxylic acids is 1. The van der Waals surface area contributed by atoms with E-state index in [1.807, 2.05) is 19.9 Å². The van der Waals surface area contributed by atoms with Crippen molar-refractivity contribution in [3.05, 3.63) is 23.3 Å². The summed E-state index contributed by atoms with van der Waals surface area (Å²) in [5.74, 6) is -0.101. The van der Waals surface area contributed by atoms with Crippen LogP contribution in [0.4, 0.5) is 0 Å². The van der Waals surface area contributed by atoms with Crippen LogP contribution in [0.25, 0.3) is 0 Å². The van der Waals surface area contributed by atoms with E-state index in [0.29, 0.717) is 6.42 Å². The molecule has 2 aliphatic carbocycles. The van der Waals surface area contributed by atoms with Gasteiger partial charge >= 0.3 is 0 Å². The Morgan fingerprint density at radius 2 is 1.93 bits per heavy atom. The van der Waals surface area contributed by atoms with Gasteiger partial charge in [0.05, 0.1) is 0 Å². The van der Waals surface area contributed by atoms with Crippen LogP contribution >= 0.6 is 0 Å². The van der Waals surface area contributed by atoms with Crippen LogP contribution in [0.15, 0.2) is 28.5 Å². The first kappa shape index (κ1) is 11.7. The molecule has 0 atom stereocenters. The lowest BCUT2D eigenvalue weighted by atomic mass is 10.1. The lowest BCUT2D eigenvalue weighted by molar-refractivity contribution is -0.109. The molecule has 1 N–H and O–H groups in total. The summed E-state index contributed by atoms with van der Waals surface area (Å²) in [6.07, 6.45) is 7.60. The fraction of sp³-hybridized carbons (Fsp3) is 0.500. The Bertz CT molecular complexity index is 338. The second-order valence-corrected chi connectivity index (χ2v) is 3.33. The molecule has 3 nitrogen and oxygen atoms in total. The number of ketones is 1. The molecule has 0 radical (unpaired) electrons. The highest BCUT2D eigenvalue weighted by Crippen LogP contribution is 2.29. The van der Waals surface area contributed by atoms with Crippen LogP contribution in [0.5, 0.6) is 0 Å². The van der Waals surface area contributed by atoms with Gasteiger partial charge in [-0.3, -0.25) is 4.79 Å². The molecule has 82 valence electrons. The normalized spacial score (nSPS) is 22.3. The molecule has 0 heterocycles. The first-order chi connectivity index (χ1) is 7.33. The number of oxime groups is 1. The maximum atomic E-state index is 11.5. The third kappa shape index (κ3) is 2.35. The molecule has 0 aromatic carbocycles. The average Bonchev–Trinajstić information content (AvgIpc) is 2.47. The molecule has 0 bridgehead atoms. The number of Topliss-reactive ketones (excluding diaryl/α,β-unsaturated/α-hetero) is 1. The number of hydrogen-bond donors (Lipinski definition) is 1. The number of allylic oxidation sites excluding steroid dienone is 4. The van der Waals surface area contributed by atoms with Gasteiger partial charge in [-0.15, -0.1) is 0 Å². The molecule has 1 saturated carbocycles. The Kier molecular flexibility index (Phi) is 4.28. The van der Waals surface area contributed by atoms with Crippen molar-refractivity contribution in [2.45, 2.75) is 39.5 Å². The molecule has 0 aromatic heterocycles. The van der Waals surface area contributed by atoms with Crippen LogP contribution in [-0.2, 0) is 4.79 Å². The Hall–Kier alpha value is -1.38. The standard InChI is InChI=1S/C10H11NO2.C2H6/c12-10-8-5-3-1-2-4-7(8)6-9(10)11-13;1-2/h4-5,13H,1-3,6H2;1-2H3/b11-9+;. The quantitative estimate of drug-likeness (QED) is 0.490. The van der Waals surface area contributed by atoms with Gasteiger partial charge in [-0.05, 0) is 24.8 Å². The summed E-state index contributed by atoms with van der Waals surface area (Å²) in [5.41, 5.74) is 2.07. The van der Waals surface area contributed by atoms with Crippen LogP contribution in [0, 0.1) is 0 Å². The second-order valence-electron chi connectivity index (χ2n) is 3.33. The van der Waals surface area contributed by atoms with Gasteiger partial charge in [-0.2, -0.15) is 0 Å². The van der Waals surface area contributed by atoms with Crippen LogP contribution in [-0.4, -0.2) is 16.7 Å². The Balaban J connectivity index is 0.000000531. The van der Waals surface area contributed by atoms with E-state index in [0.717, 1.165) is 30.4 Å². The highest BCUT2D eigenvalue weighted by atomic mass is 16.4. The number of rotatable bonds is 0. The molecule has 1 fully saturated rings. The monoisotopic (exact) mass is 207 g/mol. The van der Waals surface area contributed by atoms with E-state index in [1.54, 1.807) is 0 Å². The van der Waals surface area contributed by atoms with E-state index in [9.17, 15) is 4.79 Å². The van der Waals surface area contributed by atoms with Gasteiger partial charge in [0.2, 0.25) is 5.78 Å². The summed E-state index contributed by atoms with van der Waals surface area (Å²) in [6.45, 7) is 4.00. The molecule has 2 aliphatic rings. The zero-order chi connectivity index (χ0) is 11.3. The van der Waals surface area contributed by atoms with Crippen molar-refractivity contribution in [1.82, 2.24) is 0 Å². The fourth-order valence-electron chi connectivity index (χ4n) is 1.78. The Morgan fingerprint density at radius 3 is 2.60 bits per heavy atom. The smallest absolute Gasteiger partial charge is 0.210 e. The summed E-state index contributed by atoms with van der Waals surface area (Å²) >= 11 is 0. The maximum Gasteiger partial charge on any atom is 0.210 e.